The van der Waals surface area contributed by atoms with E-state index in [2.05, 4.69) is 168 Å². The van der Waals surface area contributed by atoms with Crippen LogP contribution in [0.2, 0.25) is 0 Å². The van der Waals surface area contributed by atoms with Crippen LogP contribution in [0.25, 0.3) is 113 Å². The molecule has 0 spiro atoms. The number of hydrogen-bond donors (Lipinski definition) is 0. The molecular formula is C51H30N4S2. The van der Waals surface area contributed by atoms with Gasteiger partial charge in [-0.15, -0.1) is 22.7 Å². The first kappa shape index (κ1) is 32.3. The summed E-state index contributed by atoms with van der Waals surface area (Å²) in [4.78, 5) is 15.3. The molecule has 0 unspecified atom stereocenters. The van der Waals surface area contributed by atoms with Crippen molar-refractivity contribution < 1.29 is 0 Å². The van der Waals surface area contributed by atoms with Crippen molar-refractivity contribution in [3.63, 3.8) is 0 Å². The second-order valence-electron chi connectivity index (χ2n) is 14.4. The highest BCUT2D eigenvalue weighted by Gasteiger charge is 2.19. The van der Waals surface area contributed by atoms with Crippen molar-refractivity contribution >= 4 is 84.8 Å². The van der Waals surface area contributed by atoms with E-state index in [0.717, 1.165) is 16.7 Å². The number of hydrogen-bond acceptors (Lipinski definition) is 5. The largest absolute Gasteiger partial charge is 0.308 e. The molecule has 4 nitrogen and oxygen atoms in total. The van der Waals surface area contributed by atoms with Gasteiger partial charge in [0.25, 0.3) is 0 Å². The van der Waals surface area contributed by atoms with Crippen molar-refractivity contribution in [1.29, 1.82) is 0 Å². The molecule has 0 aliphatic rings. The van der Waals surface area contributed by atoms with Crippen LogP contribution in [0.4, 0.5) is 0 Å². The second-order valence-corrected chi connectivity index (χ2v) is 16.5. The van der Waals surface area contributed by atoms with E-state index in [4.69, 9.17) is 15.0 Å². The Balaban J connectivity index is 1.03. The van der Waals surface area contributed by atoms with Crippen LogP contribution in [0.5, 0.6) is 0 Å². The van der Waals surface area contributed by atoms with Crippen molar-refractivity contribution in [1.82, 2.24) is 19.5 Å². The zero-order valence-corrected chi connectivity index (χ0v) is 32.1. The highest BCUT2D eigenvalue weighted by molar-refractivity contribution is 7.26. The van der Waals surface area contributed by atoms with Gasteiger partial charge in [0.15, 0.2) is 17.5 Å². The number of rotatable bonds is 5. The van der Waals surface area contributed by atoms with Crippen molar-refractivity contribution in [3.8, 4) is 51.0 Å². The highest BCUT2D eigenvalue weighted by Crippen LogP contribution is 2.43. The number of para-hydroxylation sites is 1. The molecule has 6 heteroatoms. The highest BCUT2D eigenvalue weighted by atomic mass is 32.1. The van der Waals surface area contributed by atoms with Gasteiger partial charge >= 0.3 is 0 Å². The molecule has 0 saturated heterocycles. The summed E-state index contributed by atoms with van der Waals surface area (Å²) in [5.41, 5.74) is 8.88. The van der Waals surface area contributed by atoms with Crippen molar-refractivity contribution in [2.75, 3.05) is 0 Å². The molecule has 57 heavy (non-hydrogen) atoms. The van der Waals surface area contributed by atoms with E-state index in [1.165, 1.54) is 79.0 Å². The molecule has 8 aromatic carbocycles. The van der Waals surface area contributed by atoms with Crippen LogP contribution in [0.1, 0.15) is 0 Å². The number of benzene rings is 8. The minimum Gasteiger partial charge on any atom is -0.308 e. The molecule has 4 heterocycles. The molecule has 0 amide bonds. The van der Waals surface area contributed by atoms with Crippen molar-refractivity contribution in [3.05, 3.63) is 182 Å². The Morgan fingerprint density at radius 2 is 0.895 bits per heavy atom. The molecule has 0 saturated carbocycles. The standard InChI is InChI=1S/C51H30N4S2/c1-3-12-31(13-4-1)33-22-25-37-36-16-7-9-19-42(36)55(44(37)29-33)43-20-11-18-40-39-26-23-35(30-47(39)57-48(40)43)51-53-49(32-14-5-2-6-15-32)52-50(54-51)34-24-27-46-41(28-34)38-17-8-10-21-45(38)56-46/h1-30H. The first-order chi connectivity index (χ1) is 28.2. The normalized spacial score (nSPS) is 11.9. The maximum absolute atomic E-state index is 5.17. The average molecular weight is 763 g/mol. The van der Waals surface area contributed by atoms with Crippen molar-refractivity contribution in [2.45, 2.75) is 0 Å². The third kappa shape index (κ3) is 5.22. The lowest BCUT2D eigenvalue weighted by Gasteiger charge is -2.10. The Bertz CT molecular complexity index is 3530. The minimum absolute atomic E-state index is 0.657. The van der Waals surface area contributed by atoms with Crippen LogP contribution in [-0.2, 0) is 0 Å². The lowest BCUT2D eigenvalue weighted by molar-refractivity contribution is 1.08. The van der Waals surface area contributed by atoms with Gasteiger partial charge in [0.2, 0.25) is 0 Å². The monoisotopic (exact) mass is 762 g/mol. The smallest absolute Gasteiger partial charge is 0.164 e. The van der Waals surface area contributed by atoms with E-state index >= 15 is 0 Å². The zero-order valence-electron chi connectivity index (χ0n) is 30.4. The third-order valence-corrected chi connectivity index (χ3v) is 13.4. The van der Waals surface area contributed by atoms with Gasteiger partial charge in [0, 0.05) is 63.1 Å². The van der Waals surface area contributed by atoms with Gasteiger partial charge in [-0.2, -0.15) is 0 Å². The molecule has 12 rings (SSSR count). The fourth-order valence-corrected chi connectivity index (χ4v) is 10.7. The predicted octanol–water partition coefficient (Wildman–Crippen LogP) is 14.4. The van der Waals surface area contributed by atoms with E-state index in [-0.39, 0.29) is 0 Å². The summed E-state index contributed by atoms with van der Waals surface area (Å²) in [7, 11) is 0. The molecule has 12 aromatic rings. The Morgan fingerprint density at radius 3 is 1.72 bits per heavy atom. The molecular weight excluding hydrogens is 733 g/mol. The molecule has 0 N–H and O–H groups in total. The molecule has 266 valence electrons. The Kier molecular flexibility index (Phi) is 7.24. The van der Waals surface area contributed by atoms with Crippen LogP contribution in [0.15, 0.2) is 182 Å². The molecule has 0 fully saturated rings. The summed E-state index contributed by atoms with van der Waals surface area (Å²) in [5, 5.41) is 7.43. The van der Waals surface area contributed by atoms with Crippen LogP contribution < -0.4 is 0 Å². The summed E-state index contributed by atoms with van der Waals surface area (Å²) in [6.07, 6.45) is 0. The lowest BCUT2D eigenvalue weighted by atomic mass is 10.0. The number of nitrogens with zero attached hydrogens (tertiary/aromatic N) is 4. The number of fused-ring (bicyclic) bond motifs is 9. The van der Waals surface area contributed by atoms with Gasteiger partial charge < -0.3 is 4.57 Å². The summed E-state index contributed by atoms with van der Waals surface area (Å²) in [5.74, 6) is 1.98. The van der Waals surface area contributed by atoms with Crippen LogP contribution in [-0.4, -0.2) is 19.5 Å². The van der Waals surface area contributed by atoms with E-state index < -0.39 is 0 Å². The number of aromatic nitrogens is 4. The fraction of sp³-hybridized carbons (Fsp3) is 0. The van der Waals surface area contributed by atoms with Crippen molar-refractivity contribution in [2.24, 2.45) is 0 Å². The quantitative estimate of drug-likeness (QED) is 0.175. The first-order valence-electron chi connectivity index (χ1n) is 19.0. The maximum atomic E-state index is 5.17. The molecule has 0 bridgehead atoms. The fourth-order valence-electron chi connectivity index (χ4n) is 8.35. The summed E-state index contributed by atoms with van der Waals surface area (Å²) < 4.78 is 7.42. The van der Waals surface area contributed by atoms with Gasteiger partial charge in [0.05, 0.1) is 21.4 Å². The predicted molar refractivity (Wildman–Crippen MR) is 242 cm³/mol. The van der Waals surface area contributed by atoms with Crippen LogP contribution in [0, 0.1) is 0 Å². The van der Waals surface area contributed by atoms with Gasteiger partial charge in [-0.1, -0.05) is 133 Å². The Hall–Kier alpha value is -6.99. The van der Waals surface area contributed by atoms with E-state index in [0.29, 0.717) is 17.5 Å². The third-order valence-electron chi connectivity index (χ3n) is 11.1. The molecule has 0 radical (unpaired) electrons. The average Bonchev–Trinajstić information content (AvgIpc) is 3.95. The summed E-state index contributed by atoms with van der Waals surface area (Å²) in [6, 6.07) is 65.0. The SMILES string of the molecule is c1ccc(-c2ccc3c4ccccc4n(-c4cccc5c4sc4cc(-c6nc(-c7ccccc7)nc(-c7ccc8sc9ccccc9c8c7)n6)ccc45)c3c2)cc1. The van der Waals surface area contributed by atoms with Crippen LogP contribution in [0.3, 0.4) is 0 Å². The van der Waals surface area contributed by atoms with E-state index in [9.17, 15) is 0 Å². The molecule has 4 aromatic heterocycles. The molecule has 0 aliphatic heterocycles. The molecule has 0 aliphatic carbocycles. The molecule has 0 atom stereocenters. The summed E-state index contributed by atoms with van der Waals surface area (Å²) >= 11 is 3.64. The topological polar surface area (TPSA) is 43.6 Å². The lowest BCUT2D eigenvalue weighted by Crippen LogP contribution is -2.00. The van der Waals surface area contributed by atoms with E-state index in [1.807, 2.05) is 40.9 Å². The number of thiophene rings is 2. The minimum atomic E-state index is 0.657. The van der Waals surface area contributed by atoms with Gasteiger partial charge in [-0.3, -0.25) is 0 Å². The van der Waals surface area contributed by atoms with Crippen LogP contribution >= 0.6 is 22.7 Å². The first-order valence-corrected chi connectivity index (χ1v) is 20.6. The van der Waals surface area contributed by atoms with Gasteiger partial charge in [-0.05, 0) is 59.7 Å². The van der Waals surface area contributed by atoms with E-state index in [1.54, 1.807) is 0 Å². The Labute approximate surface area is 335 Å². The van der Waals surface area contributed by atoms with Gasteiger partial charge in [0.1, 0.15) is 0 Å². The zero-order chi connectivity index (χ0) is 37.5. The maximum Gasteiger partial charge on any atom is 0.164 e. The van der Waals surface area contributed by atoms with Gasteiger partial charge in [-0.25, -0.2) is 15.0 Å². The Morgan fingerprint density at radius 1 is 0.316 bits per heavy atom. The second kappa shape index (κ2) is 12.8. The summed E-state index contributed by atoms with van der Waals surface area (Å²) in [6.45, 7) is 0.